The van der Waals surface area contributed by atoms with Gasteiger partial charge in [0, 0.05) is 18.6 Å². The van der Waals surface area contributed by atoms with E-state index in [2.05, 4.69) is 0 Å². The molecule has 2 rings (SSSR count). The lowest BCUT2D eigenvalue weighted by atomic mass is 9.97. The molecule has 0 bridgehead atoms. The molecule has 20 heavy (non-hydrogen) atoms. The minimum atomic E-state index is -3.06. The van der Waals surface area contributed by atoms with Crippen molar-refractivity contribution in [2.24, 2.45) is 0 Å². The molecule has 0 radical (unpaired) electrons. The second kappa shape index (κ2) is 6.31. The molecule has 0 saturated heterocycles. The third-order valence-corrected chi connectivity index (χ3v) is 5.58. The number of hydrogen-bond acceptors (Lipinski definition) is 3. The topological polar surface area (TPSA) is 43.4 Å². The van der Waals surface area contributed by atoms with Crippen molar-refractivity contribution in [1.29, 1.82) is 0 Å². The molecule has 0 aliphatic heterocycles. The molecule has 0 amide bonds. The summed E-state index contributed by atoms with van der Waals surface area (Å²) in [4.78, 5) is 0. The summed E-state index contributed by atoms with van der Waals surface area (Å²) in [5.74, 6) is -0.0424. The Morgan fingerprint density at radius 1 is 1.40 bits per heavy atom. The second-order valence-corrected chi connectivity index (χ2v) is 7.85. The minimum Gasteiger partial charge on any atom is -0.487 e. The molecule has 2 unspecified atom stereocenters. The monoisotopic (exact) mass is 320 g/mol. The average molecular weight is 321 g/mol. The van der Waals surface area contributed by atoms with Crippen LogP contribution in [0, 0.1) is 5.82 Å². The quantitative estimate of drug-likeness (QED) is 0.799. The van der Waals surface area contributed by atoms with Crippen LogP contribution in [-0.2, 0) is 15.7 Å². The van der Waals surface area contributed by atoms with Crippen LogP contribution in [0.15, 0.2) is 18.2 Å². The molecule has 3 nitrogen and oxygen atoms in total. The third kappa shape index (κ3) is 3.85. The van der Waals surface area contributed by atoms with Gasteiger partial charge in [-0.25, -0.2) is 12.8 Å². The highest BCUT2D eigenvalue weighted by Gasteiger charge is 2.30. The number of halogens is 2. The van der Waals surface area contributed by atoms with Crippen LogP contribution in [0.25, 0.3) is 0 Å². The lowest BCUT2D eigenvalue weighted by molar-refractivity contribution is 0.150. The van der Waals surface area contributed by atoms with Gasteiger partial charge in [0.2, 0.25) is 0 Å². The molecule has 1 aliphatic carbocycles. The number of rotatable bonds is 4. The lowest BCUT2D eigenvalue weighted by Gasteiger charge is -2.28. The normalized spacial score (nSPS) is 23.6. The summed E-state index contributed by atoms with van der Waals surface area (Å²) in [7, 11) is -3.06. The molecule has 0 heterocycles. The maximum atomic E-state index is 13.8. The highest BCUT2D eigenvalue weighted by Crippen LogP contribution is 2.29. The first-order valence-electron chi connectivity index (χ1n) is 6.60. The summed E-state index contributed by atoms with van der Waals surface area (Å²) < 4.78 is 42.6. The Balaban J connectivity index is 2.06. The zero-order chi connectivity index (χ0) is 14.8. The molecule has 2 atom stereocenters. The van der Waals surface area contributed by atoms with E-state index in [0.29, 0.717) is 18.4 Å². The number of hydrogen-bond donors (Lipinski definition) is 0. The maximum Gasteiger partial charge on any atom is 0.165 e. The zero-order valence-corrected chi connectivity index (χ0v) is 12.9. The molecular formula is C14H18ClFO3S. The van der Waals surface area contributed by atoms with Crippen molar-refractivity contribution < 1.29 is 17.5 Å². The average Bonchev–Trinajstić information content (AvgIpc) is 2.40. The van der Waals surface area contributed by atoms with Crippen LogP contribution in [0.2, 0.25) is 0 Å². The SMILES string of the molecule is CS(=O)(=O)C1CCCC(Oc2ccc(CCl)cc2F)C1. The van der Waals surface area contributed by atoms with Crippen molar-refractivity contribution >= 4 is 21.4 Å². The van der Waals surface area contributed by atoms with E-state index in [0.717, 1.165) is 12.8 Å². The molecule has 1 saturated carbocycles. The third-order valence-electron chi connectivity index (χ3n) is 3.63. The molecule has 112 valence electrons. The van der Waals surface area contributed by atoms with Gasteiger partial charge in [0.05, 0.1) is 5.25 Å². The molecular weight excluding hydrogens is 303 g/mol. The molecule has 0 N–H and O–H groups in total. The summed E-state index contributed by atoms with van der Waals surface area (Å²) in [6.45, 7) is 0. The Labute approximate surface area is 124 Å². The van der Waals surface area contributed by atoms with E-state index in [-0.39, 0.29) is 23.0 Å². The van der Waals surface area contributed by atoms with Crippen LogP contribution >= 0.6 is 11.6 Å². The number of benzene rings is 1. The first-order valence-corrected chi connectivity index (χ1v) is 9.09. The van der Waals surface area contributed by atoms with Crippen molar-refractivity contribution in [3.05, 3.63) is 29.6 Å². The Morgan fingerprint density at radius 3 is 2.75 bits per heavy atom. The summed E-state index contributed by atoms with van der Waals surface area (Å²) in [6.07, 6.45) is 3.62. The highest BCUT2D eigenvalue weighted by molar-refractivity contribution is 7.91. The van der Waals surface area contributed by atoms with Gasteiger partial charge in [0.25, 0.3) is 0 Å². The zero-order valence-electron chi connectivity index (χ0n) is 11.3. The van der Waals surface area contributed by atoms with Gasteiger partial charge in [-0.05, 0) is 37.0 Å². The highest BCUT2D eigenvalue weighted by atomic mass is 35.5. The van der Waals surface area contributed by atoms with Crippen molar-refractivity contribution in [3.63, 3.8) is 0 Å². The van der Waals surface area contributed by atoms with Crippen molar-refractivity contribution in [3.8, 4) is 5.75 Å². The summed E-state index contributed by atoms with van der Waals surface area (Å²) >= 11 is 5.64. The van der Waals surface area contributed by atoms with E-state index in [9.17, 15) is 12.8 Å². The molecule has 0 spiro atoms. The first kappa shape index (κ1) is 15.6. The predicted molar refractivity (Wildman–Crippen MR) is 77.5 cm³/mol. The Kier molecular flexibility index (Phi) is 4.91. The van der Waals surface area contributed by atoms with Crippen molar-refractivity contribution in [2.45, 2.75) is 42.9 Å². The van der Waals surface area contributed by atoms with Crippen LogP contribution in [0.4, 0.5) is 4.39 Å². The van der Waals surface area contributed by atoms with E-state index in [1.807, 2.05) is 0 Å². The summed E-state index contributed by atoms with van der Waals surface area (Å²) in [5.41, 5.74) is 0.689. The second-order valence-electron chi connectivity index (χ2n) is 5.26. The molecule has 6 heteroatoms. The predicted octanol–water partition coefficient (Wildman–Crippen LogP) is 3.30. The van der Waals surface area contributed by atoms with E-state index < -0.39 is 15.7 Å². The fourth-order valence-corrected chi connectivity index (χ4v) is 3.83. The van der Waals surface area contributed by atoms with Gasteiger partial charge in [-0.1, -0.05) is 6.07 Å². The largest absolute Gasteiger partial charge is 0.487 e. The standard InChI is InChI=1S/C14H18ClFO3S/c1-20(17,18)12-4-2-3-11(8-12)19-14-6-5-10(9-15)7-13(14)16/h5-7,11-12H,2-4,8-9H2,1H3. The van der Waals surface area contributed by atoms with E-state index in [1.54, 1.807) is 12.1 Å². The summed E-state index contributed by atoms with van der Waals surface area (Å²) in [5, 5.41) is -0.383. The van der Waals surface area contributed by atoms with Crippen LogP contribution < -0.4 is 4.74 Å². The maximum absolute atomic E-state index is 13.8. The molecule has 0 aromatic heterocycles. The van der Waals surface area contributed by atoms with Gasteiger partial charge >= 0.3 is 0 Å². The van der Waals surface area contributed by atoms with Gasteiger partial charge < -0.3 is 4.74 Å². The van der Waals surface area contributed by atoms with Gasteiger partial charge in [-0.3, -0.25) is 0 Å². The summed E-state index contributed by atoms with van der Waals surface area (Å²) in [6, 6.07) is 4.61. The van der Waals surface area contributed by atoms with E-state index >= 15 is 0 Å². The fourth-order valence-electron chi connectivity index (χ4n) is 2.50. The number of alkyl halides is 1. The molecule has 1 aromatic rings. The Hall–Kier alpha value is -0.810. The van der Waals surface area contributed by atoms with Crippen LogP contribution in [-0.4, -0.2) is 26.0 Å². The van der Waals surface area contributed by atoms with Crippen molar-refractivity contribution in [2.75, 3.05) is 6.26 Å². The minimum absolute atomic E-state index is 0.165. The number of ether oxygens (including phenoxy) is 1. The molecule has 1 aromatic carbocycles. The smallest absolute Gasteiger partial charge is 0.165 e. The molecule has 1 aliphatic rings. The fraction of sp³-hybridized carbons (Fsp3) is 0.571. The van der Waals surface area contributed by atoms with Crippen LogP contribution in [0.5, 0.6) is 5.75 Å². The van der Waals surface area contributed by atoms with E-state index in [4.69, 9.17) is 16.3 Å². The van der Waals surface area contributed by atoms with Gasteiger partial charge in [-0.2, -0.15) is 0 Å². The van der Waals surface area contributed by atoms with Gasteiger partial charge in [-0.15, -0.1) is 11.6 Å². The lowest BCUT2D eigenvalue weighted by Crippen LogP contribution is -2.33. The molecule has 1 fully saturated rings. The van der Waals surface area contributed by atoms with Crippen LogP contribution in [0.1, 0.15) is 31.2 Å². The Bertz CT molecular complexity index is 574. The van der Waals surface area contributed by atoms with Crippen LogP contribution in [0.3, 0.4) is 0 Å². The van der Waals surface area contributed by atoms with E-state index in [1.165, 1.54) is 12.3 Å². The number of sulfone groups is 1. The van der Waals surface area contributed by atoms with Crippen molar-refractivity contribution in [1.82, 2.24) is 0 Å². The van der Waals surface area contributed by atoms with Gasteiger partial charge in [0.15, 0.2) is 11.6 Å². The first-order chi connectivity index (χ1) is 9.40. The Morgan fingerprint density at radius 2 is 2.15 bits per heavy atom. The van der Waals surface area contributed by atoms with Gasteiger partial charge in [0.1, 0.15) is 15.9 Å².